The van der Waals surface area contributed by atoms with E-state index in [1.54, 1.807) is 26.0 Å². The van der Waals surface area contributed by atoms with E-state index in [9.17, 15) is 10.1 Å². The van der Waals surface area contributed by atoms with Gasteiger partial charge in [-0.15, -0.1) is 0 Å². The first-order valence-electron chi connectivity index (χ1n) is 9.45. The summed E-state index contributed by atoms with van der Waals surface area (Å²) in [5.41, 5.74) is 3.83. The average molecular weight is 391 g/mol. The van der Waals surface area contributed by atoms with Gasteiger partial charge in [0.05, 0.1) is 22.9 Å². The van der Waals surface area contributed by atoms with Crippen LogP contribution in [0.25, 0.3) is 22.2 Å². The Balaban J connectivity index is 1.76. The molecule has 0 fully saturated rings. The average Bonchev–Trinajstić information content (AvgIpc) is 3.27. The first kappa shape index (κ1) is 18.7. The molecule has 4 rings (SSSR count). The molecule has 0 saturated heterocycles. The highest BCUT2D eigenvalue weighted by molar-refractivity contribution is 5.97. The Hall–Kier alpha value is -3.66. The largest absolute Gasteiger partial charge is 0.454 e. The van der Waals surface area contributed by atoms with E-state index in [0.717, 1.165) is 22.2 Å². The van der Waals surface area contributed by atoms with Gasteiger partial charge in [0.2, 0.25) is 6.79 Å². The fourth-order valence-electron chi connectivity index (χ4n) is 3.55. The maximum Gasteiger partial charge on any atom is 0.411 e. The number of amides is 1. The summed E-state index contributed by atoms with van der Waals surface area (Å²) in [6.45, 7) is 6.50. The van der Waals surface area contributed by atoms with Crippen LogP contribution < -0.4 is 14.8 Å². The van der Waals surface area contributed by atoms with E-state index < -0.39 is 6.09 Å². The zero-order valence-electron chi connectivity index (χ0n) is 16.5. The summed E-state index contributed by atoms with van der Waals surface area (Å²) in [5, 5.41) is 13.4. The molecule has 0 unspecified atom stereocenters. The Morgan fingerprint density at radius 2 is 1.93 bits per heavy atom. The Kier molecular flexibility index (Phi) is 4.77. The number of nitriles is 1. The summed E-state index contributed by atoms with van der Waals surface area (Å²) < 4.78 is 18.2. The van der Waals surface area contributed by atoms with Crippen LogP contribution in [0.5, 0.6) is 11.5 Å². The molecule has 3 aromatic rings. The van der Waals surface area contributed by atoms with Crippen molar-refractivity contribution in [1.29, 1.82) is 5.26 Å². The SMILES string of the molecule is CCn1c(-c2ccc(NC(=O)OC(C)C)cc2)c(C#N)c2cc3c(cc21)OCO3. The smallest absolute Gasteiger partial charge is 0.411 e. The zero-order valence-corrected chi connectivity index (χ0v) is 16.5. The summed E-state index contributed by atoms with van der Waals surface area (Å²) in [6.07, 6.45) is -0.690. The fourth-order valence-corrected chi connectivity index (χ4v) is 3.55. The number of aryl methyl sites for hydroxylation is 1. The van der Waals surface area contributed by atoms with Crippen molar-refractivity contribution >= 4 is 22.7 Å². The first-order chi connectivity index (χ1) is 14.0. The molecular weight excluding hydrogens is 370 g/mol. The molecule has 0 radical (unpaired) electrons. The van der Waals surface area contributed by atoms with Gasteiger partial charge >= 0.3 is 6.09 Å². The molecule has 1 aliphatic heterocycles. The van der Waals surface area contributed by atoms with Gasteiger partial charge in [-0.2, -0.15) is 5.26 Å². The molecule has 7 heteroatoms. The van der Waals surface area contributed by atoms with E-state index in [4.69, 9.17) is 14.2 Å². The number of aromatic nitrogens is 1. The van der Waals surface area contributed by atoms with Crippen LogP contribution in [0.2, 0.25) is 0 Å². The van der Waals surface area contributed by atoms with Gasteiger partial charge in [-0.1, -0.05) is 12.1 Å². The summed E-state index contributed by atoms with van der Waals surface area (Å²) in [6, 6.07) is 13.5. The second-order valence-corrected chi connectivity index (χ2v) is 6.96. The zero-order chi connectivity index (χ0) is 20.5. The predicted molar refractivity (Wildman–Crippen MR) is 109 cm³/mol. The van der Waals surface area contributed by atoms with E-state index in [1.807, 2.05) is 31.2 Å². The number of nitrogens with zero attached hydrogens (tertiary/aromatic N) is 2. The molecule has 2 heterocycles. The van der Waals surface area contributed by atoms with Gasteiger partial charge < -0.3 is 18.8 Å². The quantitative estimate of drug-likeness (QED) is 0.685. The molecule has 1 N–H and O–H groups in total. The Labute approximate surface area is 168 Å². The lowest BCUT2D eigenvalue weighted by atomic mass is 10.1. The summed E-state index contributed by atoms with van der Waals surface area (Å²) in [4.78, 5) is 11.8. The van der Waals surface area contributed by atoms with Gasteiger partial charge in [-0.3, -0.25) is 5.32 Å². The van der Waals surface area contributed by atoms with Gasteiger partial charge in [0, 0.05) is 23.7 Å². The second kappa shape index (κ2) is 7.40. The fraction of sp³-hybridized carbons (Fsp3) is 0.273. The molecule has 0 saturated carbocycles. The number of fused-ring (bicyclic) bond motifs is 2. The standard InChI is InChI=1S/C22H21N3O4/c1-4-25-18-10-20-19(27-12-28-20)9-16(18)17(11-23)21(25)14-5-7-15(8-6-14)24-22(26)29-13(2)3/h5-10,13H,4,12H2,1-3H3,(H,24,26). The van der Waals surface area contributed by atoms with Crippen LogP contribution in [-0.2, 0) is 11.3 Å². The second-order valence-electron chi connectivity index (χ2n) is 6.96. The molecule has 148 valence electrons. The third kappa shape index (κ3) is 3.34. The van der Waals surface area contributed by atoms with E-state index in [0.29, 0.717) is 29.3 Å². The Bertz CT molecular complexity index is 1120. The third-order valence-corrected chi connectivity index (χ3v) is 4.73. The van der Waals surface area contributed by atoms with E-state index in [2.05, 4.69) is 16.0 Å². The number of nitrogens with one attached hydrogen (secondary N) is 1. The minimum absolute atomic E-state index is 0.191. The number of carbonyl (C=O) groups is 1. The van der Waals surface area contributed by atoms with Crippen molar-refractivity contribution in [3.8, 4) is 28.8 Å². The number of carbonyl (C=O) groups excluding carboxylic acids is 1. The number of hydrogen-bond donors (Lipinski definition) is 1. The molecule has 2 aromatic carbocycles. The molecule has 1 aliphatic rings. The summed E-state index contributed by atoms with van der Waals surface area (Å²) >= 11 is 0. The maximum atomic E-state index is 11.8. The summed E-state index contributed by atoms with van der Waals surface area (Å²) in [7, 11) is 0. The van der Waals surface area contributed by atoms with Crippen molar-refractivity contribution < 1.29 is 19.0 Å². The molecule has 1 aromatic heterocycles. The van der Waals surface area contributed by atoms with Crippen LogP contribution in [0, 0.1) is 11.3 Å². The van der Waals surface area contributed by atoms with Crippen LogP contribution in [0.1, 0.15) is 26.3 Å². The van der Waals surface area contributed by atoms with Gasteiger partial charge in [0.25, 0.3) is 0 Å². The van der Waals surface area contributed by atoms with Crippen LogP contribution in [0.15, 0.2) is 36.4 Å². The highest BCUT2D eigenvalue weighted by Gasteiger charge is 2.23. The summed E-state index contributed by atoms with van der Waals surface area (Å²) in [5.74, 6) is 1.33. The van der Waals surface area contributed by atoms with Crippen LogP contribution >= 0.6 is 0 Å². The minimum atomic E-state index is -0.498. The van der Waals surface area contributed by atoms with E-state index in [1.165, 1.54) is 0 Å². The first-order valence-corrected chi connectivity index (χ1v) is 9.45. The van der Waals surface area contributed by atoms with Crippen molar-refractivity contribution in [3.05, 3.63) is 42.0 Å². The minimum Gasteiger partial charge on any atom is -0.454 e. The maximum absolute atomic E-state index is 11.8. The molecule has 0 aliphatic carbocycles. The Morgan fingerprint density at radius 3 is 2.55 bits per heavy atom. The molecule has 29 heavy (non-hydrogen) atoms. The topological polar surface area (TPSA) is 85.5 Å². The number of benzene rings is 2. The Morgan fingerprint density at radius 1 is 1.24 bits per heavy atom. The number of rotatable bonds is 4. The number of hydrogen-bond acceptors (Lipinski definition) is 5. The molecule has 0 spiro atoms. The van der Waals surface area contributed by atoms with Crippen molar-refractivity contribution in [3.63, 3.8) is 0 Å². The highest BCUT2D eigenvalue weighted by Crippen LogP contribution is 2.41. The van der Waals surface area contributed by atoms with Crippen molar-refractivity contribution in [2.75, 3.05) is 12.1 Å². The van der Waals surface area contributed by atoms with Gasteiger partial charge in [0.1, 0.15) is 6.07 Å². The van der Waals surface area contributed by atoms with Crippen molar-refractivity contribution in [2.24, 2.45) is 0 Å². The van der Waals surface area contributed by atoms with Gasteiger partial charge in [-0.05, 0) is 44.5 Å². The monoisotopic (exact) mass is 391 g/mol. The molecule has 0 bridgehead atoms. The van der Waals surface area contributed by atoms with Gasteiger partial charge in [0.15, 0.2) is 11.5 Å². The normalized spacial score (nSPS) is 12.2. The van der Waals surface area contributed by atoms with Crippen LogP contribution in [-0.4, -0.2) is 23.6 Å². The third-order valence-electron chi connectivity index (χ3n) is 4.73. The lowest BCUT2D eigenvalue weighted by Gasteiger charge is -2.11. The lowest BCUT2D eigenvalue weighted by molar-refractivity contribution is 0.130. The molecule has 0 atom stereocenters. The predicted octanol–water partition coefficient (Wildman–Crippen LogP) is 4.89. The lowest BCUT2D eigenvalue weighted by Crippen LogP contribution is -2.17. The number of anilines is 1. The molecule has 1 amide bonds. The van der Waals surface area contributed by atoms with E-state index in [-0.39, 0.29) is 12.9 Å². The van der Waals surface area contributed by atoms with E-state index >= 15 is 0 Å². The van der Waals surface area contributed by atoms with Crippen molar-refractivity contribution in [2.45, 2.75) is 33.4 Å². The number of ether oxygens (including phenoxy) is 3. The molecular formula is C22H21N3O4. The molecule has 7 nitrogen and oxygen atoms in total. The van der Waals surface area contributed by atoms with Crippen LogP contribution in [0.3, 0.4) is 0 Å². The van der Waals surface area contributed by atoms with Crippen LogP contribution in [0.4, 0.5) is 10.5 Å². The van der Waals surface area contributed by atoms with Gasteiger partial charge in [-0.25, -0.2) is 4.79 Å². The van der Waals surface area contributed by atoms with Crippen molar-refractivity contribution in [1.82, 2.24) is 4.57 Å². The highest BCUT2D eigenvalue weighted by atomic mass is 16.7.